The van der Waals surface area contributed by atoms with Crippen LogP contribution in [0.15, 0.2) is 162 Å². The molecule has 3 heterocycles. The molecule has 0 radical (unpaired) electrons. The van der Waals surface area contributed by atoms with Gasteiger partial charge >= 0.3 is 0 Å². The average Bonchev–Trinajstić information content (AvgIpc) is 3.76. The van der Waals surface area contributed by atoms with Crippen LogP contribution in [0.1, 0.15) is 11.1 Å². The lowest BCUT2D eigenvalue weighted by atomic mass is 10.1. The molecule has 3 nitrogen and oxygen atoms in total. The van der Waals surface area contributed by atoms with Crippen LogP contribution in [-0.4, -0.2) is 9.13 Å². The Morgan fingerprint density at radius 1 is 0.340 bits per heavy atom. The maximum Gasteiger partial charge on any atom is 0.135 e. The Kier molecular flexibility index (Phi) is 6.26. The van der Waals surface area contributed by atoms with Crippen LogP contribution in [-0.2, 0) is 0 Å². The third-order valence-corrected chi connectivity index (χ3v) is 9.29. The molecule has 10 aromatic rings. The minimum Gasteiger partial charge on any atom is -0.456 e. The van der Waals surface area contributed by atoms with Gasteiger partial charge in [-0.15, -0.1) is 0 Å². The largest absolute Gasteiger partial charge is 0.456 e. The van der Waals surface area contributed by atoms with Crippen LogP contribution in [0.5, 0.6) is 0 Å². The Bertz CT molecular complexity index is 2760. The highest BCUT2D eigenvalue weighted by Crippen LogP contribution is 2.36. The first kappa shape index (κ1) is 27.3. The van der Waals surface area contributed by atoms with Crippen molar-refractivity contribution < 1.29 is 4.42 Å². The number of furan rings is 1. The van der Waals surface area contributed by atoms with E-state index in [9.17, 15) is 0 Å². The lowest BCUT2D eigenvalue weighted by molar-refractivity contribution is 0.669. The maximum atomic E-state index is 6.01. The SMILES string of the molecule is Cc1ccc2c(c1)c1ccccc1n2-c1ccc2oc3ccccc3c2c1.Cc1ccc2c(c1)c1ccccc1n2-c1ccccc1. The molecule has 0 N–H and O–H groups in total. The summed E-state index contributed by atoms with van der Waals surface area (Å²) in [5.41, 5.74) is 11.8. The third kappa shape index (κ3) is 4.43. The lowest BCUT2D eigenvalue weighted by Gasteiger charge is -2.08. The topological polar surface area (TPSA) is 23.0 Å². The summed E-state index contributed by atoms with van der Waals surface area (Å²) in [6, 6.07) is 55.9. The van der Waals surface area contributed by atoms with Gasteiger partial charge in [0.2, 0.25) is 0 Å². The van der Waals surface area contributed by atoms with Crippen LogP contribution < -0.4 is 0 Å². The summed E-state index contributed by atoms with van der Waals surface area (Å²) >= 11 is 0. The van der Waals surface area contributed by atoms with Gasteiger partial charge in [-0.25, -0.2) is 0 Å². The normalized spacial score (nSPS) is 11.6. The van der Waals surface area contributed by atoms with E-state index in [-0.39, 0.29) is 0 Å². The fraction of sp³-hybridized carbons (Fsp3) is 0.0455. The number of rotatable bonds is 2. The fourth-order valence-corrected chi connectivity index (χ4v) is 7.16. The van der Waals surface area contributed by atoms with Gasteiger partial charge in [-0.3, -0.25) is 0 Å². The second-order valence-corrected chi connectivity index (χ2v) is 12.4. The van der Waals surface area contributed by atoms with Crippen LogP contribution in [0, 0.1) is 13.8 Å². The first-order chi connectivity index (χ1) is 23.1. The molecule has 47 heavy (non-hydrogen) atoms. The molecular weight excluding hydrogens is 572 g/mol. The zero-order valence-corrected chi connectivity index (χ0v) is 26.3. The van der Waals surface area contributed by atoms with Crippen molar-refractivity contribution in [3.63, 3.8) is 0 Å². The minimum absolute atomic E-state index is 0.927. The van der Waals surface area contributed by atoms with Crippen molar-refractivity contribution in [2.24, 2.45) is 0 Å². The Morgan fingerprint density at radius 3 is 1.47 bits per heavy atom. The second kappa shape index (κ2) is 10.8. The van der Waals surface area contributed by atoms with E-state index >= 15 is 0 Å². The standard InChI is InChI=1S/C25H17NO.C19H15N/c1-16-10-12-23-20(14-16)18-6-2-4-8-22(18)26(23)17-11-13-25-21(15-17)19-7-3-5-9-24(19)27-25;1-14-11-12-19-17(13-14)16-9-5-6-10-18(16)20(19)15-7-3-2-4-8-15/h2-15H,1H3;2-13H,1H3. The van der Waals surface area contributed by atoms with Gasteiger partial charge in [0.15, 0.2) is 0 Å². The highest BCUT2D eigenvalue weighted by atomic mass is 16.3. The number of nitrogens with zero attached hydrogens (tertiary/aromatic N) is 2. The van der Waals surface area contributed by atoms with Gasteiger partial charge < -0.3 is 13.6 Å². The molecule has 0 amide bonds. The number of aromatic nitrogens is 2. The van der Waals surface area contributed by atoms with E-state index < -0.39 is 0 Å². The van der Waals surface area contributed by atoms with Crippen molar-refractivity contribution in [2.45, 2.75) is 13.8 Å². The first-order valence-corrected chi connectivity index (χ1v) is 16.1. The van der Waals surface area contributed by atoms with E-state index in [1.54, 1.807) is 0 Å². The molecule has 0 atom stereocenters. The number of hydrogen-bond acceptors (Lipinski definition) is 1. The number of para-hydroxylation sites is 4. The molecular formula is C44H32N2O. The molecule has 3 heteroatoms. The number of hydrogen-bond donors (Lipinski definition) is 0. The highest BCUT2D eigenvalue weighted by Gasteiger charge is 2.14. The first-order valence-electron chi connectivity index (χ1n) is 16.1. The molecule has 0 fully saturated rings. The molecule has 224 valence electrons. The number of fused-ring (bicyclic) bond motifs is 9. The predicted octanol–water partition coefficient (Wildman–Crippen LogP) is 12.1. The average molecular weight is 605 g/mol. The summed E-state index contributed by atoms with van der Waals surface area (Å²) < 4.78 is 10.7. The maximum absolute atomic E-state index is 6.01. The molecule has 3 aromatic heterocycles. The fourth-order valence-electron chi connectivity index (χ4n) is 7.16. The van der Waals surface area contributed by atoms with Crippen molar-refractivity contribution >= 4 is 65.6 Å². The van der Waals surface area contributed by atoms with Gasteiger partial charge in [0, 0.05) is 43.7 Å². The Balaban J connectivity index is 0.000000135. The van der Waals surface area contributed by atoms with Crippen molar-refractivity contribution in [3.05, 3.63) is 169 Å². The molecule has 10 rings (SSSR count). The Labute approximate surface area is 272 Å². The van der Waals surface area contributed by atoms with Gasteiger partial charge in [0.25, 0.3) is 0 Å². The van der Waals surface area contributed by atoms with E-state index in [0.717, 1.165) is 27.6 Å². The highest BCUT2D eigenvalue weighted by molar-refractivity contribution is 6.11. The van der Waals surface area contributed by atoms with Gasteiger partial charge in [-0.2, -0.15) is 0 Å². The van der Waals surface area contributed by atoms with Crippen LogP contribution in [0.25, 0.3) is 76.9 Å². The summed E-state index contributed by atoms with van der Waals surface area (Å²) in [6.07, 6.45) is 0. The van der Waals surface area contributed by atoms with Crippen LogP contribution in [0.2, 0.25) is 0 Å². The van der Waals surface area contributed by atoms with E-state index in [1.165, 1.54) is 60.4 Å². The van der Waals surface area contributed by atoms with E-state index in [0.29, 0.717) is 0 Å². The quantitative estimate of drug-likeness (QED) is 0.192. The Morgan fingerprint density at radius 2 is 0.830 bits per heavy atom. The van der Waals surface area contributed by atoms with Crippen molar-refractivity contribution in [1.29, 1.82) is 0 Å². The summed E-state index contributed by atoms with van der Waals surface area (Å²) in [6.45, 7) is 4.29. The molecule has 0 spiro atoms. The summed E-state index contributed by atoms with van der Waals surface area (Å²) in [4.78, 5) is 0. The number of benzene rings is 7. The van der Waals surface area contributed by atoms with Crippen molar-refractivity contribution in [3.8, 4) is 11.4 Å². The van der Waals surface area contributed by atoms with Crippen LogP contribution in [0.3, 0.4) is 0 Å². The van der Waals surface area contributed by atoms with E-state index in [2.05, 4.69) is 169 Å². The van der Waals surface area contributed by atoms with E-state index in [4.69, 9.17) is 4.42 Å². The number of aryl methyl sites for hydroxylation is 2. The van der Waals surface area contributed by atoms with Crippen LogP contribution in [0.4, 0.5) is 0 Å². The lowest BCUT2D eigenvalue weighted by Crippen LogP contribution is -1.93. The summed E-state index contributed by atoms with van der Waals surface area (Å²) in [5.74, 6) is 0. The summed E-state index contributed by atoms with van der Waals surface area (Å²) in [5, 5.41) is 7.53. The van der Waals surface area contributed by atoms with Crippen molar-refractivity contribution in [1.82, 2.24) is 9.13 Å². The summed E-state index contributed by atoms with van der Waals surface area (Å²) in [7, 11) is 0. The van der Waals surface area contributed by atoms with E-state index in [1.807, 2.05) is 12.1 Å². The third-order valence-electron chi connectivity index (χ3n) is 9.29. The van der Waals surface area contributed by atoms with Gasteiger partial charge in [-0.05, 0) is 86.6 Å². The minimum atomic E-state index is 0.927. The molecule has 0 saturated heterocycles. The monoisotopic (exact) mass is 604 g/mol. The van der Waals surface area contributed by atoms with Gasteiger partial charge in [-0.1, -0.05) is 96.1 Å². The van der Waals surface area contributed by atoms with Crippen LogP contribution >= 0.6 is 0 Å². The molecule has 0 saturated carbocycles. The van der Waals surface area contributed by atoms with Crippen molar-refractivity contribution in [2.75, 3.05) is 0 Å². The van der Waals surface area contributed by atoms with Gasteiger partial charge in [0.05, 0.1) is 22.1 Å². The zero-order valence-electron chi connectivity index (χ0n) is 26.3. The smallest absolute Gasteiger partial charge is 0.135 e. The second-order valence-electron chi connectivity index (χ2n) is 12.4. The molecule has 0 aliphatic heterocycles. The predicted molar refractivity (Wildman–Crippen MR) is 198 cm³/mol. The van der Waals surface area contributed by atoms with Gasteiger partial charge in [0.1, 0.15) is 11.2 Å². The zero-order chi connectivity index (χ0) is 31.5. The molecule has 0 aliphatic rings. The molecule has 0 bridgehead atoms. The molecule has 7 aromatic carbocycles. The Hall–Kier alpha value is -6.06. The molecule has 0 unspecified atom stereocenters. The molecule has 0 aliphatic carbocycles.